The van der Waals surface area contributed by atoms with E-state index in [-0.39, 0.29) is 29.2 Å². The highest BCUT2D eigenvalue weighted by Gasteiger charge is 2.29. The second-order valence-electron chi connectivity index (χ2n) is 6.29. The molecule has 9 heteroatoms. The molecule has 1 N–H and O–H groups in total. The van der Waals surface area contributed by atoms with Gasteiger partial charge in [0, 0.05) is 25.5 Å². The first-order chi connectivity index (χ1) is 11.4. The molecule has 25 heavy (non-hydrogen) atoms. The number of nitrogens with zero attached hydrogens (tertiary/aromatic N) is 3. The van der Waals surface area contributed by atoms with Crippen LogP contribution in [0.2, 0.25) is 0 Å². The zero-order valence-corrected chi connectivity index (χ0v) is 15.9. The number of pyridine rings is 1. The van der Waals surface area contributed by atoms with Crippen LogP contribution in [-0.4, -0.2) is 61.5 Å². The summed E-state index contributed by atoms with van der Waals surface area (Å²) in [6.07, 6.45) is 4.76. The van der Waals surface area contributed by atoms with Gasteiger partial charge in [0.15, 0.2) is 5.69 Å². The predicted octanol–water partition coefficient (Wildman–Crippen LogP) is 1.23. The van der Waals surface area contributed by atoms with Crippen molar-refractivity contribution in [2.75, 3.05) is 32.9 Å². The Bertz CT molecular complexity index is 863. The van der Waals surface area contributed by atoms with Gasteiger partial charge in [0.1, 0.15) is 0 Å². The van der Waals surface area contributed by atoms with E-state index in [1.54, 1.807) is 29.3 Å². The monoisotopic (exact) mass is 386 g/mol. The average molecular weight is 387 g/mol. The first-order valence-corrected chi connectivity index (χ1v) is 9.92. The lowest BCUT2D eigenvalue weighted by atomic mass is 9.98. The number of amides is 1. The first kappa shape index (κ1) is 19.7. The third-order valence-electron chi connectivity index (χ3n) is 4.35. The summed E-state index contributed by atoms with van der Waals surface area (Å²) in [5, 5.41) is 3.06. The Labute approximate surface area is 153 Å². The van der Waals surface area contributed by atoms with Gasteiger partial charge in [-0.1, -0.05) is 6.07 Å². The van der Waals surface area contributed by atoms with Crippen LogP contribution in [0.1, 0.15) is 23.3 Å². The summed E-state index contributed by atoms with van der Waals surface area (Å²) < 4.78 is 25.4. The number of piperidine rings is 1. The summed E-state index contributed by atoms with van der Waals surface area (Å²) in [7, 11) is -1.62. The van der Waals surface area contributed by atoms with Crippen LogP contribution < -0.4 is 5.32 Å². The normalized spacial score (nSPS) is 18.2. The average Bonchev–Trinajstić information content (AvgIpc) is 2.94. The van der Waals surface area contributed by atoms with Crippen LogP contribution in [0.3, 0.4) is 0 Å². The van der Waals surface area contributed by atoms with Crippen molar-refractivity contribution in [3.8, 4) is 0 Å². The van der Waals surface area contributed by atoms with Crippen LogP contribution in [0, 0.1) is 5.92 Å². The number of carbonyl (C=O) groups is 1. The van der Waals surface area contributed by atoms with E-state index in [1.165, 1.54) is 4.40 Å². The number of carbonyl (C=O) groups excluding carboxylic acids is 1. The van der Waals surface area contributed by atoms with Crippen molar-refractivity contribution in [1.82, 2.24) is 19.6 Å². The Morgan fingerprint density at radius 2 is 2.16 bits per heavy atom. The fourth-order valence-corrected chi connectivity index (χ4v) is 4.06. The first-order valence-electron chi connectivity index (χ1n) is 8.03. The number of likely N-dealkylation sites (tertiary alicyclic amines) is 1. The lowest BCUT2D eigenvalue weighted by Crippen LogP contribution is -2.42. The van der Waals surface area contributed by atoms with Crippen molar-refractivity contribution in [3.05, 3.63) is 30.1 Å². The maximum atomic E-state index is 12.9. The van der Waals surface area contributed by atoms with E-state index < -0.39 is 9.84 Å². The minimum atomic E-state index is -3.52. The fraction of sp³-hybridized carbons (Fsp3) is 0.500. The molecule has 2 aromatic heterocycles. The number of rotatable bonds is 4. The standard InChI is InChI=1S/C16H22N4O3S.ClH/c1-17-10-12-6-5-8-19(11-12)15(21)14-13-7-3-4-9-20(13)16(18-14)24(2,22)23;/h3-4,7,9,12,17H,5-6,8,10-11H2,1-2H3;1H. The van der Waals surface area contributed by atoms with E-state index in [9.17, 15) is 13.2 Å². The fourth-order valence-electron chi connectivity index (χ4n) is 3.28. The number of hydrogen-bond acceptors (Lipinski definition) is 5. The second kappa shape index (κ2) is 7.72. The minimum Gasteiger partial charge on any atom is -0.337 e. The van der Waals surface area contributed by atoms with Gasteiger partial charge in [-0.05, 0) is 44.5 Å². The molecule has 2 aromatic rings. The van der Waals surface area contributed by atoms with Gasteiger partial charge in [0.2, 0.25) is 15.0 Å². The van der Waals surface area contributed by atoms with Gasteiger partial charge in [0.25, 0.3) is 5.91 Å². The predicted molar refractivity (Wildman–Crippen MR) is 98.1 cm³/mol. The molecule has 0 aromatic carbocycles. The van der Waals surface area contributed by atoms with Gasteiger partial charge in [0.05, 0.1) is 5.52 Å². The molecule has 0 bridgehead atoms. The van der Waals surface area contributed by atoms with E-state index in [0.717, 1.165) is 25.6 Å². The molecule has 3 heterocycles. The minimum absolute atomic E-state index is 0. The number of aromatic nitrogens is 2. The molecule has 1 amide bonds. The van der Waals surface area contributed by atoms with Crippen LogP contribution in [-0.2, 0) is 9.84 Å². The Kier molecular flexibility index (Phi) is 6.08. The van der Waals surface area contributed by atoms with Gasteiger partial charge in [-0.25, -0.2) is 13.4 Å². The van der Waals surface area contributed by atoms with Crippen molar-refractivity contribution < 1.29 is 13.2 Å². The molecule has 7 nitrogen and oxygen atoms in total. The molecule has 1 aliphatic rings. The molecule has 1 atom stereocenters. The van der Waals surface area contributed by atoms with Crippen molar-refractivity contribution in [2.24, 2.45) is 5.92 Å². The van der Waals surface area contributed by atoms with E-state index in [0.29, 0.717) is 24.5 Å². The van der Waals surface area contributed by atoms with Gasteiger partial charge in [-0.15, -0.1) is 12.4 Å². The summed E-state index contributed by atoms with van der Waals surface area (Å²) >= 11 is 0. The highest BCUT2D eigenvalue weighted by Crippen LogP contribution is 2.22. The van der Waals surface area contributed by atoms with Gasteiger partial charge in [-0.3, -0.25) is 9.20 Å². The zero-order valence-electron chi connectivity index (χ0n) is 14.3. The Morgan fingerprint density at radius 3 is 2.84 bits per heavy atom. The quantitative estimate of drug-likeness (QED) is 0.854. The highest BCUT2D eigenvalue weighted by atomic mass is 35.5. The smallest absolute Gasteiger partial charge is 0.274 e. The molecule has 0 aliphatic carbocycles. The molecule has 138 valence electrons. The number of sulfone groups is 1. The van der Waals surface area contributed by atoms with Crippen LogP contribution in [0.15, 0.2) is 29.6 Å². The Hall–Kier alpha value is -1.64. The molecular formula is C16H23ClN4O3S. The van der Waals surface area contributed by atoms with E-state index in [2.05, 4.69) is 10.3 Å². The maximum absolute atomic E-state index is 12.9. The van der Waals surface area contributed by atoms with Crippen molar-refractivity contribution in [1.29, 1.82) is 0 Å². The second-order valence-corrected chi connectivity index (χ2v) is 8.20. The molecule has 1 fully saturated rings. The molecule has 0 spiro atoms. The molecule has 1 saturated heterocycles. The Morgan fingerprint density at radius 1 is 1.40 bits per heavy atom. The topological polar surface area (TPSA) is 83.8 Å². The maximum Gasteiger partial charge on any atom is 0.274 e. The number of hydrogen-bond donors (Lipinski definition) is 1. The zero-order chi connectivity index (χ0) is 17.3. The third kappa shape index (κ3) is 3.96. The molecule has 1 unspecified atom stereocenters. The molecule has 1 aliphatic heterocycles. The lowest BCUT2D eigenvalue weighted by molar-refractivity contribution is 0.0670. The molecular weight excluding hydrogens is 364 g/mol. The van der Waals surface area contributed by atoms with Gasteiger partial charge >= 0.3 is 0 Å². The van der Waals surface area contributed by atoms with E-state index >= 15 is 0 Å². The SMILES string of the molecule is CNCC1CCCN(C(=O)c2nc(S(C)(=O)=O)n3ccccc23)C1.Cl. The van der Waals surface area contributed by atoms with Crippen molar-refractivity contribution >= 4 is 33.7 Å². The number of imidazole rings is 1. The Balaban J connectivity index is 0.00000225. The van der Waals surface area contributed by atoms with Crippen LogP contribution in [0.4, 0.5) is 0 Å². The third-order valence-corrected chi connectivity index (χ3v) is 5.30. The van der Waals surface area contributed by atoms with Crippen molar-refractivity contribution in [3.63, 3.8) is 0 Å². The van der Waals surface area contributed by atoms with Crippen LogP contribution in [0.25, 0.3) is 5.52 Å². The van der Waals surface area contributed by atoms with Crippen LogP contribution >= 0.6 is 12.4 Å². The number of halogens is 1. The molecule has 0 saturated carbocycles. The number of nitrogens with one attached hydrogen (secondary N) is 1. The van der Waals surface area contributed by atoms with Gasteiger partial charge < -0.3 is 10.2 Å². The molecule has 3 rings (SSSR count). The van der Waals surface area contributed by atoms with Crippen LogP contribution in [0.5, 0.6) is 0 Å². The van der Waals surface area contributed by atoms with E-state index in [1.807, 2.05) is 7.05 Å². The van der Waals surface area contributed by atoms with E-state index in [4.69, 9.17) is 0 Å². The number of fused-ring (bicyclic) bond motifs is 1. The van der Waals surface area contributed by atoms with Crippen molar-refractivity contribution in [2.45, 2.75) is 18.0 Å². The summed E-state index contributed by atoms with van der Waals surface area (Å²) in [6.45, 7) is 2.21. The van der Waals surface area contributed by atoms with Gasteiger partial charge in [-0.2, -0.15) is 0 Å². The summed E-state index contributed by atoms with van der Waals surface area (Å²) in [6, 6.07) is 5.23. The summed E-state index contributed by atoms with van der Waals surface area (Å²) in [5.74, 6) is 0.213. The summed E-state index contributed by atoms with van der Waals surface area (Å²) in [5.41, 5.74) is 0.736. The lowest BCUT2D eigenvalue weighted by Gasteiger charge is -2.32. The molecule has 0 radical (unpaired) electrons. The summed E-state index contributed by atoms with van der Waals surface area (Å²) in [4.78, 5) is 18.9. The highest BCUT2D eigenvalue weighted by molar-refractivity contribution is 7.90. The largest absolute Gasteiger partial charge is 0.337 e.